The van der Waals surface area contributed by atoms with E-state index in [0.717, 1.165) is 28.0 Å². The van der Waals surface area contributed by atoms with Crippen LogP contribution in [0.1, 0.15) is 42.4 Å². The molecule has 0 spiro atoms. The van der Waals surface area contributed by atoms with Gasteiger partial charge in [-0.2, -0.15) is 0 Å². The summed E-state index contributed by atoms with van der Waals surface area (Å²) in [4.78, 5) is 22.7. The van der Waals surface area contributed by atoms with E-state index in [4.69, 9.17) is 4.74 Å². The first-order valence-corrected chi connectivity index (χ1v) is 9.07. The van der Waals surface area contributed by atoms with Crippen molar-refractivity contribution in [2.75, 3.05) is 25.6 Å². The van der Waals surface area contributed by atoms with Gasteiger partial charge in [-0.1, -0.05) is 20.8 Å². The first kappa shape index (κ1) is 18.6. The maximum absolute atomic E-state index is 12.4. The molecule has 0 aliphatic carbocycles. The molecule has 1 amide bonds. The first-order valence-electron chi connectivity index (χ1n) is 8.25. The lowest BCUT2D eigenvalue weighted by molar-refractivity contribution is 0.0952. The van der Waals surface area contributed by atoms with Crippen molar-refractivity contribution >= 4 is 33.3 Å². The number of aryl methyl sites for hydroxylation is 1. The summed E-state index contributed by atoms with van der Waals surface area (Å²) in [5.41, 5.74) is 0.923. The van der Waals surface area contributed by atoms with E-state index in [2.05, 4.69) is 41.4 Å². The zero-order chi connectivity index (χ0) is 17.7. The zero-order valence-electron chi connectivity index (χ0n) is 15.0. The number of aromatic nitrogens is 2. The second-order valence-electron chi connectivity index (χ2n) is 6.27. The van der Waals surface area contributed by atoms with Gasteiger partial charge in [0.25, 0.3) is 5.91 Å². The molecule has 0 saturated carbocycles. The van der Waals surface area contributed by atoms with Gasteiger partial charge in [-0.3, -0.25) is 4.79 Å². The number of ether oxygens (including phenoxy) is 1. The molecule has 2 aromatic heterocycles. The maximum atomic E-state index is 12.4. The molecule has 6 nitrogen and oxygen atoms in total. The van der Waals surface area contributed by atoms with Crippen molar-refractivity contribution in [1.82, 2.24) is 15.3 Å². The molecule has 0 fully saturated rings. The van der Waals surface area contributed by atoms with Crippen molar-refractivity contribution in [3.8, 4) is 0 Å². The number of amides is 1. The lowest BCUT2D eigenvalue weighted by Crippen LogP contribution is -2.27. The predicted molar refractivity (Wildman–Crippen MR) is 98.9 cm³/mol. The van der Waals surface area contributed by atoms with Crippen LogP contribution in [-0.2, 0) is 4.74 Å². The van der Waals surface area contributed by atoms with Crippen LogP contribution in [0.4, 0.5) is 5.82 Å². The third-order valence-electron chi connectivity index (χ3n) is 3.81. The number of methoxy groups -OCH3 is 1. The topological polar surface area (TPSA) is 76.1 Å². The normalized spacial score (nSPS) is 12.6. The molecule has 2 rings (SSSR count). The van der Waals surface area contributed by atoms with E-state index in [1.54, 1.807) is 7.11 Å². The molecule has 0 aromatic carbocycles. The molecule has 2 aromatic rings. The quantitative estimate of drug-likeness (QED) is 0.764. The third kappa shape index (κ3) is 4.21. The number of thiophene rings is 1. The molecule has 0 aliphatic rings. The highest BCUT2D eigenvalue weighted by atomic mass is 32.1. The number of nitrogens with zero attached hydrogens (tertiary/aromatic N) is 2. The van der Waals surface area contributed by atoms with Crippen LogP contribution in [-0.4, -0.2) is 42.2 Å². The van der Waals surface area contributed by atoms with E-state index in [-0.39, 0.29) is 11.9 Å². The van der Waals surface area contributed by atoms with Crippen molar-refractivity contribution in [3.63, 3.8) is 0 Å². The lowest BCUT2D eigenvalue weighted by atomic mass is 10.1. The Bertz CT molecular complexity index is 699. The summed E-state index contributed by atoms with van der Waals surface area (Å²) in [5.74, 6) is 1.14. The summed E-state index contributed by atoms with van der Waals surface area (Å²) in [6, 6.07) is 0.172. The molecule has 0 radical (unpaired) electrons. The molecule has 1 unspecified atom stereocenters. The number of hydrogen-bond acceptors (Lipinski definition) is 6. The second kappa shape index (κ2) is 8.39. The van der Waals surface area contributed by atoms with Crippen molar-refractivity contribution in [2.45, 2.75) is 40.2 Å². The lowest BCUT2D eigenvalue weighted by Gasteiger charge is -2.17. The monoisotopic (exact) mass is 350 g/mol. The number of anilines is 1. The fourth-order valence-electron chi connectivity index (χ4n) is 2.43. The Labute approximate surface area is 147 Å². The van der Waals surface area contributed by atoms with Crippen molar-refractivity contribution in [3.05, 3.63) is 16.8 Å². The van der Waals surface area contributed by atoms with Crippen molar-refractivity contribution in [1.29, 1.82) is 0 Å². The first-order chi connectivity index (χ1) is 11.5. The second-order valence-corrected chi connectivity index (χ2v) is 7.27. The van der Waals surface area contributed by atoms with Gasteiger partial charge in [0, 0.05) is 13.7 Å². The number of hydrogen-bond donors (Lipinski definition) is 2. The van der Waals surface area contributed by atoms with E-state index >= 15 is 0 Å². The van der Waals surface area contributed by atoms with Gasteiger partial charge in [-0.15, -0.1) is 11.3 Å². The van der Waals surface area contributed by atoms with E-state index in [0.29, 0.717) is 23.9 Å². The van der Waals surface area contributed by atoms with Crippen LogP contribution < -0.4 is 10.6 Å². The Kier molecular flexibility index (Phi) is 6.51. The minimum Gasteiger partial charge on any atom is -0.383 e. The summed E-state index contributed by atoms with van der Waals surface area (Å²) in [7, 11) is 1.69. The SMILES string of the molecule is CCC(COC)Nc1ncnc2sc(C(=O)NCC(C)C)c(C)c12. The summed E-state index contributed by atoms with van der Waals surface area (Å²) in [6.45, 7) is 9.47. The van der Waals surface area contributed by atoms with E-state index in [1.165, 1.54) is 17.7 Å². The van der Waals surface area contributed by atoms with Crippen LogP contribution in [0.15, 0.2) is 6.33 Å². The van der Waals surface area contributed by atoms with Gasteiger partial charge in [0.05, 0.1) is 22.9 Å². The van der Waals surface area contributed by atoms with Gasteiger partial charge in [0.1, 0.15) is 17.0 Å². The maximum Gasteiger partial charge on any atom is 0.261 e. The minimum atomic E-state index is -0.0425. The van der Waals surface area contributed by atoms with Crippen molar-refractivity contribution < 1.29 is 9.53 Å². The highest BCUT2D eigenvalue weighted by Crippen LogP contribution is 2.33. The summed E-state index contributed by atoms with van der Waals surface area (Å²) < 4.78 is 5.24. The largest absolute Gasteiger partial charge is 0.383 e. The molecule has 1 atom stereocenters. The molecule has 0 bridgehead atoms. The molecular formula is C17H26N4O2S. The standard InChI is InChI=1S/C17H26N4O2S/c1-6-12(8-23-5)21-15-13-11(4)14(16(22)18-7-10(2)3)24-17(13)20-9-19-15/h9-10,12H,6-8H2,1-5H3,(H,18,22)(H,19,20,21). The average molecular weight is 350 g/mol. The predicted octanol–water partition coefficient (Wildman–Crippen LogP) is 3.22. The van der Waals surface area contributed by atoms with E-state index in [1.807, 2.05) is 6.92 Å². The number of nitrogens with one attached hydrogen (secondary N) is 2. The van der Waals surface area contributed by atoms with Gasteiger partial charge in [0.15, 0.2) is 0 Å². The number of rotatable bonds is 8. The fraction of sp³-hybridized carbons (Fsp3) is 0.588. The third-order valence-corrected chi connectivity index (χ3v) is 5.00. The molecule has 132 valence electrons. The van der Waals surface area contributed by atoms with Crippen LogP contribution in [0.5, 0.6) is 0 Å². The highest BCUT2D eigenvalue weighted by molar-refractivity contribution is 7.20. The molecular weight excluding hydrogens is 324 g/mol. The summed E-state index contributed by atoms with van der Waals surface area (Å²) >= 11 is 1.41. The van der Waals surface area contributed by atoms with Crippen LogP contribution in [0, 0.1) is 12.8 Å². The fourth-order valence-corrected chi connectivity index (χ4v) is 3.50. The smallest absolute Gasteiger partial charge is 0.261 e. The minimum absolute atomic E-state index is 0.0425. The number of carbonyl (C=O) groups is 1. The summed E-state index contributed by atoms with van der Waals surface area (Å²) in [6.07, 6.45) is 2.46. The molecule has 0 aliphatic heterocycles. The van der Waals surface area contributed by atoms with Gasteiger partial charge < -0.3 is 15.4 Å². The highest BCUT2D eigenvalue weighted by Gasteiger charge is 2.20. The van der Waals surface area contributed by atoms with Crippen LogP contribution >= 0.6 is 11.3 Å². The number of fused-ring (bicyclic) bond motifs is 1. The van der Waals surface area contributed by atoms with Gasteiger partial charge >= 0.3 is 0 Å². The molecule has 2 N–H and O–H groups in total. The zero-order valence-corrected chi connectivity index (χ0v) is 15.8. The van der Waals surface area contributed by atoms with Gasteiger partial charge in [0.2, 0.25) is 0 Å². The number of carbonyl (C=O) groups excluding carboxylic acids is 1. The molecule has 24 heavy (non-hydrogen) atoms. The molecule has 2 heterocycles. The Morgan fingerprint density at radius 3 is 2.75 bits per heavy atom. The average Bonchev–Trinajstić information content (AvgIpc) is 2.90. The van der Waals surface area contributed by atoms with Gasteiger partial charge in [-0.25, -0.2) is 9.97 Å². The Balaban J connectivity index is 2.33. The Morgan fingerprint density at radius 2 is 2.12 bits per heavy atom. The van der Waals surface area contributed by atoms with Crippen molar-refractivity contribution in [2.24, 2.45) is 5.92 Å². The van der Waals surface area contributed by atoms with E-state index in [9.17, 15) is 4.79 Å². The molecule has 0 saturated heterocycles. The Morgan fingerprint density at radius 1 is 1.38 bits per heavy atom. The Hall–Kier alpha value is -1.73. The van der Waals surface area contributed by atoms with Crippen LogP contribution in [0.25, 0.3) is 10.2 Å². The van der Waals surface area contributed by atoms with Crippen LogP contribution in [0.2, 0.25) is 0 Å². The molecule has 7 heteroatoms. The van der Waals surface area contributed by atoms with Gasteiger partial charge in [-0.05, 0) is 24.8 Å². The van der Waals surface area contributed by atoms with E-state index < -0.39 is 0 Å². The van der Waals surface area contributed by atoms with Crippen LogP contribution in [0.3, 0.4) is 0 Å². The summed E-state index contributed by atoms with van der Waals surface area (Å²) in [5, 5.41) is 7.31.